The van der Waals surface area contributed by atoms with E-state index in [-0.39, 0.29) is 17.3 Å². The minimum absolute atomic E-state index is 0.283. The van der Waals surface area contributed by atoms with Crippen LogP contribution in [-0.2, 0) is 13.0 Å². The fraction of sp³-hybridized carbons (Fsp3) is 0.458. The summed E-state index contributed by atoms with van der Waals surface area (Å²) in [5, 5.41) is 16.5. The van der Waals surface area contributed by atoms with Gasteiger partial charge in [-0.25, -0.2) is 4.39 Å². The first-order chi connectivity index (χ1) is 15.1. The first-order valence-corrected chi connectivity index (χ1v) is 10.9. The molecule has 3 N–H and O–H groups in total. The number of piperidine rings is 1. The fourth-order valence-electron chi connectivity index (χ4n) is 3.82. The molecule has 1 heterocycles. The van der Waals surface area contributed by atoms with E-state index in [1.54, 1.807) is 24.3 Å². The normalized spacial score (nSPS) is 15.6. The number of halogens is 1. The molecule has 0 unspecified atom stereocenters. The van der Waals surface area contributed by atoms with Crippen molar-refractivity contribution in [1.82, 2.24) is 15.5 Å². The predicted molar refractivity (Wildman–Crippen MR) is 122 cm³/mol. The van der Waals surface area contributed by atoms with Crippen LogP contribution in [0.5, 0.6) is 11.5 Å². The third-order valence-electron chi connectivity index (χ3n) is 5.48. The average Bonchev–Trinajstić information content (AvgIpc) is 2.75. The summed E-state index contributed by atoms with van der Waals surface area (Å²) in [7, 11) is 1.48. The molecule has 1 aliphatic heterocycles. The van der Waals surface area contributed by atoms with Gasteiger partial charge in [0, 0.05) is 38.8 Å². The van der Waals surface area contributed by atoms with Crippen molar-refractivity contribution in [2.45, 2.75) is 38.8 Å². The van der Waals surface area contributed by atoms with Crippen LogP contribution in [0, 0.1) is 5.82 Å². The molecule has 1 saturated heterocycles. The van der Waals surface area contributed by atoms with E-state index in [0.29, 0.717) is 12.6 Å². The lowest BCUT2D eigenvalue weighted by molar-refractivity contribution is 0.198. The Morgan fingerprint density at radius 3 is 2.68 bits per heavy atom. The van der Waals surface area contributed by atoms with Crippen LogP contribution in [0.4, 0.5) is 4.39 Å². The van der Waals surface area contributed by atoms with Gasteiger partial charge in [-0.15, -0.1) is 0 Å². The molecule has 1 aliphatic rings. The number of nitrogens with one attached hydrogen (secondary N) is 2. The zero-order valence-corrected chi connectivity index (χ0v) is 18.4. The third-order valence-corrected chi connectivity index (χ3v) is 5.48. The Balaban J connectivity index is 1.46. The number of hydrogen-bond donors (Lipinski definition) is 3. The summed E-state index contributed by atoms with van der Waals surface area (Å²) in [6.07, 6.45) is 2.80. The van der Waals surface area contributed by atoms with Crippen molar-refractivity contribution >= 4 is 5.96 Å². The second kappa shape index (κ2) is 11.6. The highest BCUT2D eigenvalue weighted by molar-refractivity contribution is 5.80. The third kappa shape index (κ3) is 7.14. The van der Waals surface area contributed by atoms with Gasteiger partial charge in [0.1, 0.15) is 5.75 Å². The number of phenolic OH excluding ortho intramolecular Hbond substituents is 1. The number of hydrogen-bond acceptors (Lipinski definition) is 4. The molecule has 0 aromatic heterocycles. The molecule has 168 valence electrons. The number of aliphatic imine (C=N–C) groups is 1. The molecular weight excluding hydrogens is 395 g/mol. The molecule has 3 rings (SSSR count). The van der Waals surface area contributed by atoms with Crippen molar-refractivity contribution in [2.75, 3.05) is 33.3 Å². The molecule has 2 aromatic carbocycles. The summed E-state index contributed by atoms with van der Waals surface area (Å²) < 4.78 is 18.9. The second-order valence-corrected chi connectivity index (χ2v) is 7.84. The highest BCUT2D eigenvalue weighted by atomic mass is 19.1. The Morgan fingerprint density at radius 2 is 2.00 bits per heavy atom. The van der Waals surface area contributed by atoms with Crippen LogP contribution in [0.1, 0.15) is 30.9 Å². The van der Waals surface area contributed by atoms with E-state index in [9.17, 15) is 9.50 Å². The Morgan fingerprint density at radius 1 is 1.19 bits per heavy atom. The van der Waals surface area contributed by atoms with Crippen LogP contribution < -0.4 is 15.4 Å². The fourth-order valence-corrected chi connectivity index (χ4v) is 3.82. The van der Waals surface area contributed by atoms with Crippen LogP contribution in [0.15, 0.2) is 47.5 Å². The van der Waals surface area contributed by atoms with E-state index in [2.05, 4.69) is 22.5 Å². The summed E-state index contributed by atoms with van der Waals surface area (Å²) in [4.78, 5) is 7.04. The quantitative estimate of drug-likeness (QED) is 0.445. The number of benzene rings is 2. The van der Waals surface area contributed by atoms with Gasteiger partial charge >= 0.3 is 0 Å². The van der Waals surface area contributed by atoms with Crippen LogP contribution in [-0.4, -0.2) is 55.3 Å². The molecule has 0 atom stereocenters. The maximum Gasteiger partial charge on any atom is 0.191 e. The van der Waals surface area contributed by atoms with E-state index in [1.165, 1.54) is 7.11 Å². The van der Waals surface area contributed by atoms with Gasteiger partial charge in [0.2, 0.25) is 0 Å². The number of nitrogens with zero attached hydrogens (tertiary/aromatic N) is 2. The highest BCUT2D eigenvalue weighted by Crippen LogP contribution is 2.20. The summed E-state index contributed by atoms with van der Waals surface area (Å²) in [6.45, 7) is 6.16. The van der Waals surface area contributed by atoms with Crippen molar-refractivity contribution in [3.8, 4) is 11.5 Å². The van der Waals surface area contributed by atoms with Gasteiger partial charge in [0.25, 0.3) is 0 Å². The molecule has 0 bridgehead atoms. The van der Waals surface area contributed by atoms with E-state index in [0.717, 1.165) is 62.5 Å². The zero-order valence-electron chi connectivity index (χ0n) is 18.4. The monoisotopic (exact) mass is 428 g/mol. The number of methoxy groups -OCH3 is 1. The molecule has 31 heavy (non-hydrogen) atoms. The molecule has 2 aromatic rings. The Kier molecular flexibility index (Phi) is 8.53. The Hall–Kier alpha value is -2.80. The van der Waals surface area contributed by atoms with E-state index >= 15 is 0 Å². The lowest BCUT2D eigenvalue weighted by Crippen LogP contribution is -2.48. The van der Waals surface area contributed by atoms with Gasteiger partial charge in [0.15, 0.2) is 17.5 Å². The van der Waals surface area contributed by atoms with Crippen LogP contribution >= 0.6 is 0 Å². The van der Waals surface area contributed by atoms with Crippen molar-refractivity contribution in [3.63, 3.8) is 0 Å². The van der Waals surface area contributed by atoms with Gasteiger partial charge in [-0.05, 0) is 61.6 Å². The highest BCUT2D eigenvalue weighted by Gasteiger charge is 2.20. The molecule has 0 aliphatic carbocycles. The van der Waals surface area contributed by atoms with Crippen molar-refractivity contribution in [1.29, 1.82) is 0 Å². The maximum atomic E-state index is 13.9. The standard InChI is InChI=1S/C24H33FN4O2/c1-3-26-24(27-12-9-18-5-4-6-21(30)15-18)28-20-10-13-29(14-11-20)17-19-7-8-23(31-2)22(25)16-19/h4-8,15-16,20,30H,3,9-14,17H2,1-2H3,(H2,26,27,28). The van der Waals surface area contributed by atoms with Crippen molar-refractivity contribution in [2.24, 2.45) is 4.99 Å². The van der Waals surface area contributed by atoms with Crippen LogP contribution in [0.25, 0.3) is 0 Å². The summed E-state index contributed by atoms with van der Waals surface area (Å²) >= 11 is 0. The maximum absolute atomic E-state index is 13.9. The van der Waals surface area contributed by atoms with E-state index in [1.807, 2.05) is 18.2 Å². The number of ether oxygens (including phenoxy) is 1. The molecule has 0 amide bonds. The minimum atomic E-state index is -0.311. The molecule has 6 nitrogen and oxygen atoms in total. The minimum Gasteiger partial charge on any atom is -0.508 e. The van der Waals surface area contributed by atoms with E-state index in [4.69, 9.17) is 9.73 Å². The van der Waals surface area contributed by atoms with Gasteiger partial charge in [-0.3, -0.25) is 9.89 Å². The Labute approximate surface area is 184 Å². The first kappa shape index (κ1) is 22.9. The molecule has 0 spiro atoms. The number of guanidine groups is 1. The van der Waals surface area contributed by atoms with Gasteiger partial charge < -0.3 is 20.5 Å². The number of phenols is 1. The zero-order chi connectivity index (χ0) is 22.1. The molecule has 7 heteroatoms. The smallest absolute Gasteiger partial charge is 0.191 e. The van der Waals surface area contributed by atoms with Crippen molar-refractivity contribution < 1.29 is 14.2 Å². The SMILES string of the molecule is CCNC(=NCCc1cccc(O)c1)NC1CCN(Cc2ccc(OC)c(F)c2)CC1. The van der Waals surface area contributed by atoms with Crippen molar-refractivity contribution in [3.05, 3.63) is 59.4 Å². The van der Waals surface area contributed by atoms with Crippen LogP contribution in [0.2, 0.25) is 0 Å². The van der Waals surface area contributed by atoms with Gasteiger partial charge in [-0.2, -0.15) is 0 Å². The molecule has 1 fully saturated rings. The summed E-state index contributed by atoms with van der Waals surface area (Å²) in [5.41, 5.74) is 2.04. The van der Waals surface area contributed by atoms with Gasteiger partial charge in [0.05, 0.1) is 7.11 Å². The number of aromatic hydroxyl groups is 1. The van der Waals surface area contributed by atoms with Crippen LogP contribution in [0.3, 0.4) is 0 Å². The summed E-state index contributed by atoms with van der Waals surface area (Å²) in [5.74, 6) is 1.09. The Bertz CT molecular complexity index is 866. The average molecular weight is 429 g/mol. The predicted octanol–water partition coefficient (Wildman–Crippen LogP) is 3.30. The van der Waals surface area contributed by atoms with Gasteiger partial charge in [-0.1, -0.05) is 18.2 Å². The second-order valence-electron chi connectivity index (χ2n) is 7.84. The largest absolute Gasteiger partial charge is 0.508 e. The lowest BCUT2D eigenvalue weighted by Gasteiger charge is -2.33. The summed E-state index contributed by atoms with van der Waals surface area (Å²) in [6, 6.07) is 12.8. The first-order valence-electron chi connectivity index (χ1n) is 10.9. The molecular formula is C24H33FN4O2. The lowest BCUT2D eigenvalue weighted by atomic mass is 10.0. The molecule has 0 radical (unpaired) electrons. The topological polar surface area (TPSA) is 69.1 Å². The molecule has 0 saturated carbocycles. The number of rotatable bonds is 8. The number of likely N-dealkylation sites (tertiary alicyclic amines) is 1. The van der Waals surface area contributed by atoms with E-state index < -0.39 is 0 Å².